The molecule has 168 valence electrons. The molecule has 7 nitrogen and oxygen atoms in total. The Morgan fingerprint density at radius 2 is 1.67 bits per heavy atom. The molecule has 3 aromatic rings. The summed E-state index contributed by atoms with van der Waals surface area (Å²) in [5.74, 6) is -1.17. The van der Waals surface area contributed by atoms with Crippen LogP contribution in [0.5, 0.6) is 11.5 Å². The van der Waals surface area contributed by atoms with Crippen molar-refractivity contribution in [3.8, 4) is 11.5 Å². The Hall–Kier alpha value is -3.84. The van der Waals surface area contributed by atoms with E-state index in [2.05, 4.69) is 0 Å². The monoisotopic (exact) mass is 444 g/mol. The highest BCUT2D eigenvalue weighted by molar-refractivity contribution is 6.23. The van der Waals surface area contributed by atoms with E-state index in [-0.39, 0.29) is 23.3 Å². The van der Waals surface area contributed by atoms with Crippen molar-refractivity contribution in [1.29, 1.82) is 0 Å². The average molecular weight is 444 g/mol. The summed E-state index contributed by atoms with van der Waals surface area (Å²) in [5, 5.41) is 11.7. The Morgan fingerprint density at radius 1 is 0.939 bits per heavy atom. The second-order valence-electron chi connectivity index (χ2n) is 8.12. The quantitative estimate of drug-likeness (QED) is 0.599. The van der Waals surface area contributed by atoms with Gasteiger partial charge in [0.25, 0.3) is 5.91 Å². The van der Waals surface area contributed by atoms with Gasteiger partial charge in [0.05, 0.1) is 24.5 Å². The van der Waals surface area contributed by atoms with Crippen LogP contribution in [0, 0.1) is 5.92 Å². The third-order valence-corrected chi connectivity index (χ3v) is 6.27. The zero-order chi connectivity index (χ0) is 23.1. The molecule has 2 heterocycles. The van der Waals surface area contributed by atoms with Gasteiger partial charge in [-0.15, -0.1) is 0 Å². The minimum absolute atomic E-state index is 0.00515. The summed E-state index contributed by atoms with van der Waals surface area (Å²) < 4.78 is 5.29. The molecule has 3 aromatic carbocycles. The molecule has 2 fully saturated rings. The molecule has 2 amide bonds. The molecule has 0 radical (unpaired) electrons. The van der Waals surface area contributed by atoms with Crippen molar-refractivity contribution in [2.75, 3.05) is 17.1 Å². The number of methoxy groups -OCH3 is 1. The number of hydrogen-bond donors (Lipinski definition) is 1. The molecule has 7 heteroatoms. The molecule has 1 N–H and O–H groups in total. The van der Waals surface area contributed by atoms with E-state index in [0.29, 0.717) is 11.3 Å². The third-order valence-electron chi connectivity index (χ3n) is 6.27. The van der Waals surface area contributed by atoms with Crippen LogP contribution in [0.15, 0.2) is 72.8 Å². The highest BCUT2D eigenvalue weighted by Gasteiger charge is 2.60. The van der Waals surface area contributed by atoms with Gasteiger partial charge in [-0.2, -0.15) is 0 Å². The number of imide groups is 1. The van der Waals surface area contributed by atoms with Crippen LogP contribution in [0.3, 0.4) is 0 Å². The van der Waals surface area contributed by atoms with Crippen LogP contribution in [0.4, 0.5) is 11.4 Å². The molecule has 2 saturated heterocycles. The van der Waals surface area contributed by atoms with Gasteiger partial charge in [0, 0.05) is 0 Å². The summed E-state index contributed by atoms with van der Waals surface area (Å²) in [5.41, 5.74) is 3.08. The lowest BCUT2D eigenvalue weighted by Gasteiger charge is -2.29. The second-order valence-corrected chi connectivity index (χ2v) is 8.12. The number of hydroxylamine groups is 1. The van der Waals surface area contributed by atoms with E-state index in [4.69, 9.17) is 9.57 Å². The number of nitrogens with zero attached hydrogens (tertiary/aromatic N) is 2. The number of phenolic OH excluding ortho intramolecular Hbond substituents is 1. The number of aryl methyl sites for hydroxylation is 1. The fourth-order valence-corrected chi connectivity index (χ4v) is 4.57. The van der Waals surface area contributed by atoms with Gasteiger partial charge in [0.2, 0.25) is 5.91 Å². The molecule has 0 aromatic heterocycles. The number of carbonyl (C=O) groups is 2. The standard InChI is InChI=1S/C26H24N2O5/c1-3-16-9-12-18(13-10-16)27-25(30)22-23(17-11-14-20(29)21(15-17)32-2)28(33-24(22)26(27)31)19-7-5-4-6-8-19/h4-15,22-24,29H,3H2,1-2H3/t22-,23+,24+/m0/s1. The molecule has 2 aliphatic heterocycles. The Bertz CT molecular complexity index is 1200. The van der Waals surface area contributed by atoms with Crippen molar-refractivity contribution in [2.45, 2.75) is 25.5 Å². The molecule has 2 aliphatic rings. The van der Waals surface area contributed by atoms with E-state index in [9.17, 15) is 14.7 Å². The average Bonchev–Trinajstić information content (AvgIpc) is 3.36. The lowest BCUT2D eigenvalue weighted by molar-refractivity contribution is -0.126. The molecular weight excluding hydrogens is 420 g/mol. The number of ether oxygens (including phenoxy) is 1. The maximum Gasteiger partial charge on any atom is 0.266 e. The number of benzene rings is 3. The van der Waals surface area contributed by atoms with Crippen molar-refractivity contribution in [1.82, 2.24) is 0 Å². The second kappa shape index (κ2) is 8.26. The van der Waals surface area contributed by atoms with Gasteiger partial charge in [-0.1, -0.05) is 43.3 Å². The lowest BCUT2D eigenvalue weighted by atomic mass is 9.90. The van der Waals surface area contributed by atoms with Gasteiger partial charge < -0.3 is 9.84 Å². The maximum atomic E-state index is 13.7. The van der Waals surface area contributed by atoms with E-state index in [1.54, 1.807) is 29.3 Å². The van der Waals surface area contributed by atoms with Crippen LogP contribution >= 0.6 is 0 Å². The molecule has 0 aliphatic carbocycles. The minimum Gasteiger partial charge on any atom is -0.504 e. The highest BCUT2D eigenvalue weighted by atomic mass is 16.7. The van der Waals surface area contributed by atoms with E-state index < -0.39 is 18.1 Å². The van der Waals surface area contributed by atoms with Crippen LogP contribution in [0.1, 0.15) is 24.1 Å². The third kappa shape index (κ3) is 3.41. The number of para-hydroxylation sites is 1. The molecule has 3 atom stereocenters. The summed E-state index contributed by atoms with van der Waals surface area (Å²) >= 11 is 0. The Balaban J connectivity index is 1.58. The molecular formula is C26H24N2O5. The largest absolute Gasteiger partial charge is 0.504 e. The van der Waals surface area contributed by atoms with Crippen molar-refractivity contribution in [2.24, 2.45) is 5.92 Å². The lowest BCUT2D eigenvalue weighted by Crippen LogP contribution is -2.37. The predicted molar refractivity (Wildman–Crippen MR) is 123 cm³/mol. The Labute approximate surface area is 191 Å². The maximum absolute atomic E-state index is 13.7. The van der Waals surface area contributed by atoms with Gasteiger partial charge in [0.1, 0.15) is 5.92 Å². The van der Waals surface area contributed by atoms with Gasteiger partial charge in [0.15, 0.2) is 17.6 Å². The van der Waals surface area contributed by atoms with Crippen LogP contribution in [-0.4, -0.2) is 30.1 Å². The van der Waals surface area contributed by atoms with E-state index in [0.717, 1.165) is 17.7 Å². The van der Waals surface area contributed by atoms with Crippen LogP contribution in [-0.2, 0) is 20.8 Å². The summed E-state index contributed by atoms with van der Waals surface area (Å²) in [6.45, 7) is 2.05. The number of fused-ring (bicyclic) bond motifs is 1. The van der Waals surface area contributed by atoms with Gasteiger partial charge in [-0.05, 0) is 53.9 Å². The number of hydrogen-bond acceptors (Lipinski definition) is 6. The van der Waals surface area contributed by atoms with Crippen LogP contribution in [0.2, 0.25) is 0 Å². The van der Waals surface area contributed by atoms with Crippen molar-refractivity contribution >= 4 is 23.2 Å². The summed E-state index contributed by atoms with van der Waals surface area (Å²) in [7, 11) is 1.47. The van der Waals surface area contributed by atoms with Gasteiger partial charge >= 0.3 is 0 Å². The fraction of sp³-hybridized carbons (Fsp3) is 0.231. The SMILES string of the molecule is CCc1ccc(N2C(=O)[C@H]3[C@@H](c4ccc(O)c(OC)c4)N(c4ccccc4)O[C@H]3C2=O)cc1. The number of aromatic hydroxyl groups is 1. The summed E-state index contributed by atoms with van der Waals surface area (Å²) in [4.78, 5) is 34.4. The van der Waals surface area contributed by atoms with Crippen LogP contribution < -0.4 is 14.7 Å². The normalized spacial score (nSPS) is 22.1. The number of phenols is 1. The summed E-state index contributed by atoms with van der Waals surface area (Å²) in [6.07, 6.45) is -0.0822. The van der Waals surface area contributed by atoms with E-state index >= 15 is 0 Å². The topological polar surface area (TPSA) is 79.3 Å². The molecule has 0 saturated carbocycles. The molecule has 0 spiro atoms. The first-order chi connectivity index (χ1) is 16.0. The minimum atomic E-state index is -0.951. The Kier molecular flexibility index (Phi) is 5.26. The van der Waals surface area contributed by atoms with E-state index in [1.165, 1.54) is 18.1 Å². The summed E-state index contributed by atoms with van der Waals surface area (Å²) in [6, 6.07) is 21.1. The van der Waals surface area contributed by atoms with Crippen molar-refractivity contribution < 1.29 is 24.3 Å². The first kappa shape index (κ1) is 21.0. The zero-order valence-corrected chi connectivity index (χ0v) is 18.3. The highest BCUT2D eigenvalue weighted by Crippen LogP contribution is 2.48. The predicted octanol–water partition coefficient (Wildman–Crippen LogP) is 4.01. The van der Waals surface area contributed by atoms with Gasteiger partial charge in [-0.3, -0.25) is 14.4 Å². The number of carbonyl (C=O) groups excluding carboxylic acids is 2. The van der Waals surface area contributed by atoms with Crippen molar-refractivity contribution in [3.05, 3.63) is 83.9 Å². The molecule has 33 heavy (non-hydrogen) atoms. The zero-order valence-electron chi connectivity index (χ0n) is 18.3. The number of anilines is 2. The molecule has 0 unspecified atom stereocenters. The number of amides is 2. The van der Waals surface area contributed by atoms with E-state index in [1.807, 2.05) is 49.4 Å². The smallest absolute Gasteiger partial charge is 0.266 e. The first-order valence-electron chi connectivity index (χ1n) is 10.9. The fourth-order valence-electron chi connectivity index (χ4n) is 4.57. The number of rotatable bonds is 5. The van der Waals surface area contributed by atoms with Gasteiger partial charge in [-0.25, -0.2) is 9.96 Å². The first-order valence-corrected chi connectivity index (χ1v) is 10.9. The van der Waals surface area contributed by atoms with Crippen molar-refractivity contribution in [3.63, 3.8) is 0 Å². The van der Waals surface area contributed by atoms with Crippen LogP contribution in [0.25, 0.3) is 0 Å². The Morgan fingerprint density at radius 3 is 2.33 bits per heavy atom. The molecule has 5 rings (SSSR count). The molecule has 0 bridgehead atoms.